The summed E-state index contributed by atoms with van der Waals surface area (Å²) in [5.74, 6) is 2.61. The van der Waals surface area contributed by atoms with E-state index in [4.69, 9.17) is 5.11 Å². The number of fused-ring (bicyclic) bond motifs is 5. The molecule has 0 aromatic heterocycles. The van der Waals surface area contributed by atoms with E-state index in [1.54, 1.807) is 0 Å². The Labute approximate surface area is 170 Å². The Morgan fingerprint density at radius 2 is 1.64 bits per heavy atom. The van der Waals surface area contributed by atoms with Gasteiger partial charge in [-0.05, 0) is 104 Å². The minimum atomic E-state index is -0.677. The summed E-state index contributed by atoms with van der Waals surface area (Å²) in [5.41, 5.74) is 0.478. The van der Waals surface area contributed by atoms with Crippen molar-refractivity contribution in [2.75, 3.05) is 0 Å². The number of carboxylic acid groups (broad SMARTS) is 1. The Morgan fingerprint density at radius 3 is 2.36 bits per heavy atom. The molecule has 4 fully saturated rings. The predicted molar refractivity (Wildman–Crippen MR) is 109 cm³/mol. The standard InChI is InChI=1S/C24H40O4/c1-14(4-7-22(27)28)17-5-6-18-16-13-21(26)20-12-15(25)8-10-24(20,3)19(16)9-11-23(17,18)2/h14-21,25-26H,4-13H2,1-3H3,(H,27,28)/t14?,15-,16?,17-,18?,19?,20+,21+,23-,24-/m1/s1. The van der Waals surface area contributed by atoms with Crippen LogP contribution in [0.25, 0.3) is 0 Å². The fourth-order valence-corrected chi connectivity index (χ4v) is 8.81. The summed E-state index contributed by atoms with van der Waals surface area (Å²) in [6.07, 6.45) is 9.16. The maximum atomic E-state index is 11.1. The maximum absolute atomic E-state index is 11.1. The van der Waals surface area contributed by atoms with Crippen LogP contribution in [-0.2, 0) is 4.79 Å². The maximum Gasteiger partial charge on any atom is 0.303 e. The molecule has 4 saturated carbocycles. The van der Waals surface area contributed by atoms with Crippen LogP contribution >= 0.6 is 0 Å². The molecular formula is C24H40O4. The number of rotatable bonds is 4. The molecule has 4 aliphatic rings. The van der Waals surface area contributed by atoms with Crippen LogP contribution in [0.5, 0.6) is 0 Å². The lowest BCUT2D eigenvalue weighted by atomic mass is 9.44. The van der Waals surface area contributed by atoms with Crippen molar-refractivity contribution in [2.24, 2.45) is 46.3 Å². The molecule has 0 aromatic carbocycles. The normalized spacial score (nSPS) is 51.7. The summed E-state index contributed by atoms with van der Waals surface area (Å²) in [5, 5.41) is 30.4. The lowest BCUT2D eigenvalue weighted by molar-refractivity contribution is -0.172. The molecule has 0 bridgehead atoms. The van der Waals surface area contributed by atoms with Gasteiger partial charge in [0.05, 0.1) is 12.2 Å². The third kappa shape index (κ3) is 3.14. The number of hydrogen-bond acceptors (Lipinski definition) is 3. The molecule has 4 nitrogen and oxygen atoms in total. The SMILES string of the molecule is CC(CCC(=O)O)[C@H]1CCC2C3C[C@H](O)[C@@H]4C[C@H](O)CC[C@]4(C)C3CC[C@@]21C. The molecule has 10 atom stereocenters. The van der Waals surface area contributed by atoms with Gasteiger partial charge in [0.15, 0.2) is 0 Å². The molecule has 160 valence electrons. The smallest absolute Gasteiger partial charge is 0.303 e. The Morgan fingerprint density at radius 1 is 0.964 bits per heavy atom. The van der Waals surface area contributed by atoms with Gasteiger partial charge in [0.1, 0.15) is 0 Å². The zero-order valence-corrected chi connectivity index (χ0v) is 17.9. The van der Waals surface area contributed by atoms with Gasteiger partial charge in [0.25, 0.3) is 0 Å². The molecule has 0 heterocycles. The first-order valence-corrected chi connectivity index (χ1v) is 11.7. The summed E-state index contributed by atoms with van der Waals surface area (Å²) in [7, 11) is 0. The van der Waals surface area contributed by atoms with Crippen molar-refractivity contribution in [3.05, 3.63) is 0 Å². The van der Waals surface area contributed by atoms with Crippen molar-refractivity contribution in [3.63, 3.8) is 0 Å². The van der Waals surface area contributed by atoms with Crippen LogP contribution in [-0.4, -0.2) is 33.5 Å². The molecule has 0 radical (unpaired) electrons. The molecule has 3 N–H and O–H groups in total. The highest BCUT2D eigenvalue weighted by Crippen LogP contribution is 2.68. The van der Waals surface area contributed by atoms with E-state index < -0.39 is 5.97 Å². The van der Waals surface area contributed by atoms with E-state index in [2.05, 4.69) is 20.8 Å². The molecule has 0 aliphatic heterocycles. The molecule has 0 aromatic rings. The fraction of sp³-hybridized carbons (Fsp3) is 0.958. The van der Waals surface area contributed by atoms with Gasteiger partial charge in [-0.15, -0.1) is 0 Å². The van der Waals surface area contributed by atoms with Gasteiger partial charge < -0.3 is 15.3 Å². The average Bonchev–Trinajstić information content (AvgIpc) is 2.99. The Kier molecular flexibility index (Phi) is 5.36. The van der Waals surface area contributed by atoms with E-state index in [9.17, 15) is 15.0 Å². The number of aliphatic carboxylic acids is 1. The summed E-state index contributed by atoms with van der Waals surface area (Å²) in [4.78, 5) is 11.1. The third-order valence-electron chi connectivity index (χ3n) is 10.2. The van der Waals surface area contributed by atoms with Crippen molar-refractivity contribution in [2.45, 2.75) is 97.2 Å². The van der Waals surface area contributed by atoms with E-state index in [0.29, 0.717) is 35.0 Å². The zero-order chi connectivity index (χ0) is 20.3. The van der Waals surface area contributed by atoms with Crippen LogP contribution in [0.4, 0.5) is 0 Å². The first kappa shape index (κ1) is 20.7. The van der Waals surface area contributed by atoms with E-state index in [1.807, 2.05) is 0 Å². The van der Waals surface area contributed by atoms with Gasteiger partial charge in [0.2, 0.25) is 0 Å². The van der Waals surface area contributed by atoms with Crippen LogP contribution in [0.2, 0.25) is 0 Å². The number of carbonyl (C=O) groups is 1. The van der Waals surface area contributed by atoms with Gasteiger partial charge in [-0.25, -0.2) is 0 Å². The molecule has 4 aliphatic carbocycles. The Bertz CT molecular complexity index is 605. The van der Waals surface area contributed by atoms with Gasteiger partial charge in [-0.1, -0.05) is 20.8 Å². The highest BCUT2D eigenvalue weighted by Gasteiger charge is 2.62. The number of aliphatic hydroxyl groups is 2. The lowest BCUT2D eigenvalue weighted by Crippen LogP contribution is -2.58. The van der Waals surface area contributed by atoms with Gasteiger partial charge in [-0.2, -0.15) is 0 Å². The molecule has 0 spiro atoms. The quantitative estimate of drug-likeness (QED) is 0.659. The number of hydrogen-bond donors (Lipinski definition) is 3. The molecule has 4 unspecified atom stereocenters. The number of carboxylic acids is 1. The second-order valence-electron chi connectivity index (χ2n) is 11.4. The van der Waals surface area contributed by atoms with Crippen LogP contribution in [0.15, 0.2) is 0 Å². The second kappa shape index (κ2) is 7.27. The largest absolute Gasteiger partial charge is 0.481 e. The van der Waals surface area contributed by atoms with Crippen molar-refractivity contribution >= 4 is 5.97 Å². The molecule has 28 heavy (non-hydrogen) atoms. The predicted octanol–water partition coefficient (Wildman–Crippen LogP) is 4.48. The minimum absolute atomic E-state index is 0.176. The van der Waals surface area contributed by atoms with Crippen LogP contribution in [0.3, 0.4) is 0 Å². The summed E-state index contributed by atoms with van der Waals surface area (Å²) < 4.78 is 0. The van der Waals surface area contributed by atoms with Crippen molar-refractivity contribution < 1.29 is 20.1 Å². The zero-order valence-electron chi connectivity index (χ0n) is 17.9. The van der Waals surface area contributed by atoms with Crippen LogP contribution in [0, 0.1) is 46.3 Å². The summed E-state index contributed by atoms with van der Waals surface area (Å²) in [6.45, 7) is 7.16. The lowest BCUT2D eigenvalue weighted by Gasteiger charge is -2.62. The van der Waals surface area contributed by atoms with Gasteiger partial charge in [-0.3, -0.25) is 4.79 Å². The van der Waals surface area contributed by atoms with Gasteiger partial charge in [0, 0.05) is 6.42 Å². The first-order valence-electron chi connectivity index (χ1n) is 11.7. The molecule has 0 saturated heterocycles. The summed E-state index contributed by atoms with van der Waals surface area (Å²) >= 11 is 0. The molecule has 4 rings (SSSR count). The monoisotopic (exact) mass is 392 g/mol. The van der Waals surface area contributed by atoms with E-state index >= 15 is 0 Å². The van der Waals surface area contributed by atoms with E-state index in [-0.39, 0.29) is 30.0 Å². The van der Waals surface area contributed by atoms with Crippen molar-refractivity contribution in [1.29, 1.82) is 0 Å². The highest BCUT2D eigenvalue weighted by molar-refractivity contribution is 5.66. The molecule has 0 amide bonds. The topological polar surface area (TPSA) is 77.8 Å². The number of aliphatic hydroxyl groups excluding tert-OH is 2. The Hall–Kier alpha value is -0.610. The van der Waals surface area contributed by atoms with E-state index in [1.165, 1.54) is 25.7 Å². The highest BCUT2D eigenvalue weighted by atomic mass is 16.4. The van der Waals surface area contributed by atoms with Gasteiger partial charge >= 0.3 is 5.97 Å². The van der Waals surface area contributed by atoms with Crippen molar-refractivity contribution in [1.82, 2.24) is 0 Å². The molecular weight excluding hydrogens is 352 g/mol. The fourth-order valence-electron chi connectivity index (χ4n) is 8.81. The minimum Gasteiger partial charge on any atom is -0.481 e. The third-order valence-corrected chi connectivity index (χ3v) is 10.2. The van der Waals surface area contributed by atoms with Crippen LogP contribution in [0.1, 0.15) is 85.0 Å². The summed E-state index contributed by atoms with van der Waals surface area (Å²) in [6, 6.07) is 0. The average molecular weight is 393 g/mol. The molecule has 4 heteroatoms. The van der Waals surface area contributed by atoms with Crippen molar-refractivity contribution in [3.8, 4) is 0 Å². The van der Waals surface area contributed by atoms with E-state index in [0.717, 1.165) is 32.1 Å². The van der Waals surface area contributed by atoms with Crippen LogP contribution < -0.4 is 0 Å². The second-order valence-corrected chi connectivity index (χ2v) is 11.4. The first-order chi connectivity index (χ1) is 13.2. The Balaban J connectivity index is 1.55.